The van der Waals surface area contributed by atoms with E-state index in [2.05, 4.69) is 0 Å². The van der Waals surface area contributed by atoms with Crippen LogP contribution in [0.3, 0.4) is 0 Å². The summed E-state index contributed by atoms with van der Waals surface area (Å²) in [4.78, 5) is 38.8. The highest BCUT2D eigenvalue weighted by Crippen LogP contribution is 2.30. The molecule has 0 radical (unpaired) electrons. The topological polar surface area (TPSA) is 87.2 Å². The third-order valence-corrected chi connectivity index (χ3v) is 4.97. The van der Waals surface area contributed by atoms with Gasteiger partial charge in [-0.1, -0.05) is 6.07 Å². The number of hydrogen-bond donors (Lipinski definition) is 1. The largest absolute Gasteiger partial charge is 0.484 e. The van der Waals surface area contributed by atoms with E-state index in [1.165, 1.54) is 4.90 Å². The molecule has 0 saturated carbocycles. The first-order valence-electron chi connectivity index (χ1n) is 8.49. The quantitative estimate of drug-likeness (QED) is 0.876. The Kier molecular flexibility index (Phi) is 4.65. The molecule has 1 aromatic rings. The number of carboxylic acid groups (broad SMARTS) is 1. The lowest BCUT2D eigenvalue weighted by Gasteiger charge is -2.31. The molecule has 1 atom stereocenters. The Morgan fingerprint density at radius 3 is 2.76 bits per heavy atom. The van der Waals surface area contributed by atoms with Crippen LogP contribution in [0.15, 0.2) is 24.3 Å². The Labute approximate surface area is 146 Å². The molecule has 3 rings (SSSR count). The van der Waals surface area contributed by atoms with Crippen LogP contribution in [0.25, 0.3) is 0 Å². The zero-order valence-electron chi connectivity index (χ0n) is 14.2. The van der Waals surface area contributed by atoms with E-state index in [0.29, 0.717) is 38.1 Å². The molecule has 0 aliphatic carbocycles. The molecule has 2 amide bonds. The monoisotopic (exact) mass is 346 g/mol. The lowest BCUT2D eigenvalue weighted by atomic mass is 9.99. The van der Waals surface area contributed by atoms with E-state index in [4.69, 9.17) is 4.74 Å². The first-order chi connectivity index (χ1) is 11.9. The summed E-state index contributed by atoms with van der Waals surface area (Å²) in [6.07, 6.45) is 2.50. The molecule has 7 heteroatoms. The molecule has 25 heavy (non-hydrogen) atoms. The molecular weight excluding hydrogens is 324 g/mol. The number of ether oxygens (including phenoxy) is 1. The number of carbonyl (C=O) groups is 3. The minimum atomic E-state index is -1.16. The maximum absolute atomic E-state index is 12.4. The van der Waals surface area contributed by atoms with Crippen molar-refractivity contribution in [1.29, 1.82) is 0 Å². The first-order valence-corrected chi connectivity index (χ1v) is 8.49. The van der Waals surface area contributed by atoms with Crippen LogP contribution in [0.4, 0.5) is 5.69 Å². The second-order valence-corrected chi connectivity index (χ2v) is 6.66. The van der Waals surface area contributed by atoms with Gasteiger partial charge in [0.15, 0.2) is 6.61 Å². The molecule has 0 spiro atoms. The zero-order valence-corrected chi connectivity index (χ0v) is 14.2. The smallest absolute Gasteiger partial charge is 0.329 e. The van der Waals surface area contributed by atoms with Crippen LogP contribution in [0, 0.1) is 0 Å². The number of nitrogens with zero attached hydrogens (tertiary/aromatic N) is 2. The summed E-state index contributed by atoms with van der Waals surface area (Å²) >= 11 is 0. The Morgan fingerprint density at radius 1 is 1.28 bits per heavy atom. The van der Waals surface area contributed by atoms with E-state index < -0.39 is 11.5 Å². The summed E-state index contributed by atoms with van der Waals surface area (Å²) in [5.74, 6) is -0.762. The number of aliphatic carboxylic acids is 1. The van der Waals surface area contributed by atoms with Gasteiger partial charge in [0.25, 0.3) is 5.91 Å². The van der Waals surface area contributed by atoms with Gasteiger partial charge in [-0.15, -0.1) is 0 Å². The van der Waals surface area contributed by atoms with Crippen LogP contribution in [0.2, 0.25) is 0 Å². The van der Waals surface area contributed by atoms with Gasteiger partial charge in [-0.05, 0) is 38.3 Å². The van der Waals surface area contributed by atoms with Crippen molar-refractivity contribution in [3.05, 3.63) is 24.3 Å². The fourth-order valence-corrected chi connectivity index (χ4v) is 3.47. The molecule has 0 bridgehead atoms. The van der Waals surface area contributed by atoms with Crippen molar-refractivity contribution in [2.24, 2.45) is 0 Å². The van der Waals surface area contributed by atoms with Crippen molar-refractivity contribution in [3.63, 3.8) is 0 Å². The van der Waals surface area contributed by atoms with Crippen LogP contribution in [0.5, 0.6) is 5.75 Å². The van der Waals surface area contributed by atoms with Gasteiger partial charge in [-0.3, -0.25) is 9.59 Å². The van der Waals surface area contributed by atoms with Crippen molar-refractivity contribution < 1.29 is 24.2 Å². The summed E-state index contributed by atoms with van der Waals surface area (Å²) < 4.78 is 5.57. The second kappa shape index (κ2) is 6.74. The van der Waals surface area contributed by atoms with Crippen molar-refractivity contribution in [2.75, 3.05) is 24.6 Å². The fourth-order valence-electron chi connectivity index (χ4n) is 3.47. The molecule has 1 unspecified atom stereocenters. The second-order valence-electron chi connectivity index (χ2n) is 6.66. The minimum Gasteiger partial charge on any atom is -0.484 e. The van der Waals surface area contributed by atoms with Crippen LogP contribution >= 0.6 is 0 Å². The number of carboxylic acids is 1. The number of anilines is 1. The summed E-state index contributed by atoms with van der Waals surface area (Å²) in [6, 6.07) is 7.06. The molecule has 2 saturated heterocycles. The highest BCUT2D eigenvalue weighted by Gasteiger charge is 2.45. The maximum atomic E-state index is 12.4. The summed E-state index contributed by atoms with van der Waals surface area (Å²) in [5, 5.41) is 9.39. The Morgan fingerprint density at radius 2 is 2.08 bits per heavy atom. The highest BCUT2D eigenvalue weighted by molar-refractivity contribution is 5.95. The van der Waals surface area contributed by atoms with E-state index in [0.717, 1.165) is 12.1 Å². The Hall–Kier alpha value is -2.57. The number of hydrogen-bond acceptors (Lipinski definition) is 4. The third-order valence-electron chi connectivity index (χ3n) is 4.97. The van der Waals surface area contributed by atoms with Gasteiger partial charge in [0.1, 0.15) is 11.3 Å². The van der Waals surface area contributed by atoms with Crippen molar-refractivity contribution in [1.82, 2.24) is 4.90 Å². The molecule has 2 aliphatic heterocycles. The summed E-state index contributed by atoms with van der Waals surface area (Å²) in [5.41, 5.74) is -0.409. The van der Waals surface area contributed by atoms with E-state index in [1.54, 1.807) is 30.0 Å². The Bertz CT molecular complexity index is 704. The van der Waals surface area contributed by atoms with Gasteiger partial charge in [-0.25, -0.2) is 4.79 Å². The molecule has 1 aromatic carbocycles. The maximum Gasteiger partial charge on any atom is 0.329 e. The lowest BCUT2D eigenvalue weighted by molar-refractivity contribution is -0.156. The number of benzene rings is 1. The lowest BCUT2D eigenvalue weighted by Crippen LogP contribution is -2.52. The number of carbonyl (C=O) groups excluding carboxylic acids is 2. The van der Waals surface area contributed by atoms with E-state index >= 15 is 0 Å². The summed E-state index contributed by atoms with van der Waals surface area (Å²) in [7, 11) is 0. The molecular formula is C18H22N2O5. The van der Waals surface area contributed by atoms with Crippen molar-refractivity contribution in [3.8, 4) is 5.75 Å². The minimum absolute atomic E-state index is 0.0857. The van der Waals surface area contributed by atoms with Gasteiger partial charge in [-0.2, -0.15) is 0 Å². The van der Waals surface area contributed by atoms with Gasteiger partial charge in [0.05, 0.1) is 0 Å². The van der Waals surface area contributed by atoms with E-state index in [-0.39, 0.29) is 18.4 Å². The van der Waals surface area contributed by atoms with Gasteiger partial charge in [0, 0.05) is 31.3 Å². The summed E-state index contributed by atoms with van der Waals surface area (Å²) in [6.45, 7) is 2.46. The van der Waals surface area contributed by atoms with Crippen LogP contribution in [0.1, 0.15) is 32.6 Å². The third kappa shape index (κ3) is 3.31. The number of amides is 2. The van der Waals surface area contributed by atoms with Crippen molar-refractivity contribution >= 4 is 23.5 Å². The van der Waals surface area contributed by atoms with Crippen LogP contribution < -0.4 is 9.64 Å². The van der Waals surface area contributed by atoms with Crippen LogP contribution in [-0.2, 0) is 14.4 Å². The molecule has 0 aromatic heterocycles. The molecule has 1 N–H and O–H groups in total. The van der Waals surface area contributed by atoms with Gasteiger partial charge < -0.3 is 19.6 Å². The Balaban J connectivity index is 1.65. The van der Waals surface area contributed by atoms with Gasteiger partial charge in [0.2, 0.25) is 5.91 Å². The number of rotatable bonds is 5. The molecule has 7 nitrogen and oxygen atoms in total. The van der Waals surface area contributed by atoms with Crippen LogP contribution in [-0.4, -0.2) is 53.0 Å². The SMILES string of the molecule is CC1(C(=O)O)CCCN1C(=O)COc1cccc(N2CCCC2=O)c1. The average molecular weight is 346 g/mol. The molecule has 134 valence electrons. The fraction of sp³-hybridized carbons (Fsp3) is 0.500. The standard InChI is InChI=1S/C18H22N2O5/c1-18(17(23)24)8-4-10-20(18)16(22)12-25-14-6-2-5-13(11-14)19-9-3-7-15(19)21/h2,5-6,11H,3-4,7-10,12H2,1H3,(H,23,24). The first kappa shape index (κ1) is 17.3. The molecule has 2 aliphatic rings. The predicted octanol–water partition coefficient (Wildman–Crippen LogP) is 1.66. The molecule has 2 fully saturated rings. The predicted molar refractivity (Wildman–Crippen MR) is 90.5 cm³/mol. The highest BCUT2D eigenvalue weighted by atomic mass is 16.5. The van der Waals surface area contributed by atoms with Crippen molar-refractivity contribution in [2.45, 2.75) is 38.1 Å². The van der Waals surface area contributed by atoms with E-state index in [1.807, 2.05) is 6.07 Å². The molecule has 2 heterocycles. The van der Waals surface area contributed by atoms with E-state index in [9.17, 15) is 19.5 Å². The number of likely N-dealkylation sites (tertiary alicyclic amines) is 1. The van der Waals surface area contributed by atoms with Gasteiger partial charge >= 0.3 is 5.97 Å². The zero-order chi connectivity index (χ0) is 18.0. The average Bonchev–Trinajstić information content (AvgIpc) is 3.19. The normalized spacial score (nSPS) is 23.2.